The minimum Gasteiger partial charge on any atom is -0.467 e. The molecule has 0 spiro atoms. The van der Waals surface area contributed by atoms with E-state index in [4.69, 9.17) is 9.15 Å². The first kappa shape index (κ1) is 18.7. The van der Waals surface area contributed by atoms with Crippen molar-refractivity contribution in [3.8, 4) is 0 Å². The van der Waals surface area contributed by atoms with Gasteiger partial charge < -0.3 is 14.5 Å². The first-order chi connectivity index (χ1) is 13.0. The molecule has 1 amide bonds. The molecule has 7 heteroatoms. The number of amides is 1. The average molecular weight is 370 g/mol. The third kappa shape index (κ3) is 3.86. The van der Waals surface area contributed by atoms with Crippen LogP contribution in [0, 0.1) is 6.92 Å². The highest BCUT2D eigenvalue weighted by Gasteiger charge is 2.24. The summed E-state index contributed by atoms with van der Waals surface area (Å²) >= 11 is 0. The Morgan fingerprint density at radius 2 is 2.07 bits per heavy atom. The van der Waals surface area contributed by atoms with E-state index in [1.165, 1.54) is 0 Å². The number of nitrogens with one attached hydrogen (secondary N) is 1. The van der Waals surface area contributed by atoms with Crippen molar-refractivity contribution in [2.24, 2.45) is 0 Å². The number of carbonyl (C=O) groups excluding carboxylic acids is 2. The molecule has 0 unspecified atom stereocenters. The van der Waals surface area contributed by atoms with Gasteiger partial charge in [-0.25, -0.2) is 13.9 Å². The van der Waals surface area contributed by atoms with E-state index < -0.39 is 0 Å². The summed E-state index contributed by atoms with van der Waals surface area (Å²) in [6, 6.07) is 9.04. The summed E-state index contributed by atoms with van der Waals surface area (Å²) in [5.41, 5.74) is 2.28. The van der Waals surface area contributed by atoms with Gasteiger partial charge in [0, 0.05) is 13.0 Å². The van der Waals surface area contributed by atoms with Crippen molar-refractivity contribution in [2.45, 2.75) is 40.4 Å². The molecule has 7 nitrogen and oxygen atoms in total. The van der Waals surface area contributed by atoms with Crippen molar-refractivity contribution in [1.29, 1.82) is 0 Å². The number of furan rings is 1. The zero-order valence-corrected chi connectivity index (χ0v) is 15.8. The number of imidazole rings is 1. The fourth-order valence-corrected chi connectivity index (χ4v) is 3.20. The molecule has 3 aromatic rings. The number of hydrogen-bond acceptors (Lipinski definition) is 4. The van der Waals surface area contributed by atoms with Crippen LogP contribution in [-0.2, 0) is 29.2 Å². The molecule has 0 aliphatic rings. The summed E-state index contributed by atoms with van der Waals surface area (Å²) in [5.74, 6) is 1.15. The smallest absolute Gasteiger partial charge is 0.338 e. The molecule has 0 fully saturated rings. The highest BCUT2D eigenvalue weighted by atomic mass is 16.5. The maximum atomic E-state index is 12.4. The van der Waals surface area contributed by atoms with E-state index in [2.05, 4.69) is 9.88 Å². The van der Waals surface area contributed by atoms with Crippen molar-refractivity contribution in [3.63, 3.8) is 0 Å². The van der Waals surface area contributed by atoms with Crippen LogP contribution < -0.4 is 9.88 Å². The van der Waals surface area contributed by atoms with Gasteiger partial charge in [0.2, 0.25) is 0 Å². The van der Waals surface area contributed by atoms with Crippen LogP contribution in [0.5, 0.6) is 0 Å². The van der Waals surface area contributed by atoms with Crippen molar-refractivity contribution in [2.75, 3.05) is 6.61 Å². The summed E-state index contributed by atoms with van der Waals surface area (Å²) in [5, 5.41) is 2.86. The quantitative estimate of drug-likeness (QED) is 0.512. The van der Waals surface area contributed by atoms with Gasteiger partial charge in [0.05, 0.1) is 31.5 Å². The molecule has 2 heterocycles. The van der Waals surface area contributed by atoms with Crippen LogP contribution in [0.2, 0.25) is 0 Å². The van der Waals surface area contributed by atoms with Crippen molar-refractivity contribution >= 4 is 22.9 Å². The Morgan fingerprint density at radius 1 is 1.26 bits per heavy atom. The predicted molar refractivity (Wildman–Crippen MR) is 99.1 cm³/mol. The molecule has 0 bridgehead atoms. The number of esters is 1. The molecule has 1 aromatic carbocycles. The van der Waals surface area contributed by atoms with Gasteiger partial charge in [-0.1, -0.05) is 0 Å². The molecule has 2 aromatic heterocycles. The summed E-state index contributed by atoms with van der Waals surface area (Å²) in [4.78, 5) is 24.5. The van der Waals surface area contributed by atoms with E-state index in [1.807, 2.05) is 30.5 Å². The Hall–Kier alpha value is -3.09. The fraction of sp³-hybridized carbons (Fsp3) is 0.350. The third-order valence-electron chi connectivity index (χ3n) is 4.51. The van der Waals surface area contributed by atoms with Crippen LogP contribution in [0.15, 0.2) is 41.0 Å². The average Bonchev–Trinajstić information content (AvgIpc) is 3.27. The lowest BCUT2D eigenvalue weighted by Crippen LogP contribution is -2.36. The number of benzene rings is 1. The first-order valence-electron chi connectivity index (χ1n) is 9.04. The first-order valence-corrected chi connectivity index (χ1v) is 9.04. The number of nitrogens with zero attached hydrogens (tertiary/aromatic N) is 2. The van der Waals surface area contributed by atoms with Gasteiger partial charge >= 0.3 is 5.97 Å². The number of aromatic nitrogens is 2. The van der Waals surface area contributed by atoms with E-state index in [9.17, 15) is 9.59 Å². The molecule has 1 N–H and O–H groups in total. The summed E-state index contributed by atoms with van der Waals surface area (Å²) in [7, 11) is 0. The zero-order chi connectivity index (χ0) is 19.4. The largest absolute Gasteiger partial charge is 0.467 e. The number of aryl methyl sites for hydroxylation is 1. The molecular formula is C20H24N3O4+. The normalized spacial score (nSPS) is 10.9. The molecule has 0 saturated carbocycles. The Balaban J connectivity index is 1.90. The molecule has 0 radical (unpaired) electrons. The summed E-state index contributed by atoms with van der Waals surface area (Å²) in [6.45, 7) is 7.37. The lowest BCUT2D eigenvalue weighted by Gasteiger charge is -2.04. The van der Waals surface area contributed by atoms with Crippen molar-refractivity contribution in [3.05, 3.63) is 53.7 Å². The SMILES string of the molecule is CCOC(=O)c1ccc2c(c1)n(CC(=O)NCc1ccco1)c(C)[n+]2CC. The highest BCUT2D eigenvalue weighted by Crippen LogP contribution is 2.17. The van der Waals surface area contributed by atoms with E-state index in [0.29, 0.717) is 24.5 Å². The minimum atomic E-state index is -0.366. The Labute approximate surface area is 157 Å². The molecule has 3 rings (SSSR count). The predicted octanol–water partition coefficient (Wildman–Crippen LogP) is 2.34. The van der Waals surface area contributed by atoms with Crippen LogP contribution in [0.3, 0.4) is 0 Å². The Kier molecular flexibility index (Phi) is 5.59. The molecule has 0 aliphatic carbocycles. The number of carbonyl (C=O) groups is 2. The minimum absolute atomic E-state index is 0.129. The second-order valence-electron chi connectivity index (χ2n) is 6.16. The van der Waals surface area contributed by atoms with Crippen molar-refractivity contribution in [1.82, 2.24) is 9.88 Å². The molecule has 27 heavy (non-hydrogen) atoms. The van der Waals surface area contributed by atoms with E-state index in [-0.39, 0.29) is 18.4 Å². The summed E-state index contributed by atoms with van der Waals surface area (Å²) in [6.07, 6.45) is 1.58. The zero-order valence-electron chi connectivity index (χ0n) is 15.8. The molecule has 142 valence electrons. The molecule has 0 aliphatic heterocycles. The number of fused-ring (bicyclic) bond motifs is 1. The Bertz CT molecular complexity index is 957. The number of ether oxygens (including phenoxy) is 1. The number of rotatable bonds is 7. The van der Waals surface area contributed by atoms with Crippen LogP contribution >= 0.6 is 0 Å². The van der Waals surface area contributed by atoms with Gasteiger partial charge in [0.25, 0.3) is 11.7 Å². The topological polar surface area (TPSA) is 77.3 Å². The van der Waals surface area contributed by atoms with Gasteiger partial charge in [-0.2, -0.15) is 0 Å². The molecular weight excluding hydrogens is 346 g/mol. The van der Waals surface area contributed by atoms with Crippen LogP contribution in [0.4, 0.5) is 0 Å². The maximum absolute atomic E-state index is 12.4. The lowest BCUT2D eigenvalue weighted by molar-refractivity contribution is -0.674. The third-order valence-corrected chi connectivity index (χ3v) is 4.51. The highest BCUT2D eigenvalue weighted by molar-refractivity contribution is 5.93. The van der Waals surface area contributed by atoms with Gasteiger partial charge in [-0.3, -0.25) is 4.79 Å². The second kappa shape index (κ2) is 8.07. The van der Waals surface area contributed by atoms with Gasteiger partial charge in [-0.05, 0) is 38.1 Å². The maximum Gasteiger partial charge on any atom is 0.338 e. The number of hydrogen-bond donors (Lipinski definition) is 1. The molecule has 0 saturated heterocycles. The van der Waals surface area contributed by atoms with Crippen LogP contribution in [-0.4, -0.2) is 23.1 Å². The van der Waals surface area contributed by atoms with Gasteiger partial charge in [0.15, 0.2) is 17.6 Å². The van der Waals surface area contributed by atoms with E-state index in [1.54, 1.807) is 31.4 Å². The van der Waals surface area contributed by atoms with Gasteiger partial charge in [-0.15, -0.1) is 0 Å². The standard InChI is InChI=1S/C20H23N3O4/c1-4-22-14(3)23(13-19(24)21-12-16-7-6-10-27-16)18-11-15(8-9-17(18)22)20(25)26-5-2/h6-11H,4-5,12-13H2,1-3H3/p+1. The summed E-state index contributed by atoms with van der Waals surface area (Å²) < 4.78 is 14.4. The van der Waals surface area contributed by atoms with Crippen LogP contribution in [0.1, 0.15) is 35.8 Å². The van der Waals surface area contributed by atoms with E-state index in [0.717, 1.165) is 23.4 Å². The van der Waals surface area contributed by atoms with Gasteiger partial charge in [0.1, 0.15) is 5.76 Å². The van der Waals surface area contributed by atoms with Crippen molar-refractivity contribution < 1.29 is 23.3 Å². The fourth-order valence-electron chi connectivity index (χ4n) is 3.20. The molecule has 0 atom stereocenters. The Morgan fingerprint density at radius 3 is 2.74 bits per heavy atom. The lowest BCUT2D eigenvalue weighted by atomic mass is 10.2. The van der Waals surface area contributed by atoms with Crippen LogP contribution in [0.25, 0.3) is 11.0 Å². The monoisotopic (exact) mass is 370 g/mol. The van der Waals surface area contributed by atoms with E-state index >= 15 is 0 Å². The second-order valence-corrected chi connectivity index (χ2v) is 6.16.